The molecule has 1 unspecified atom stereocenters. The number of hydrogen-bond donors (Lipinski definition) is 0. The Bertz CT molecular complexity index is 759. The predicted octanol–water partition coefficient (Wildman–Crippen LogP) is 3.48. The Morgan fingerprint density at radius 3 is 2.88 bits per heavy atom. The first-order valence-corrected chi connectivity index (χ1v) is 8.33. The summed E-state index contributed by atoms with van der Waals surface area (Å²) in [5.74, 6) is 1.50. The third kappa shape index (κ3) is 3.82. The fourth-order valence-corrected chi connectivity index (χ4v) is 3.19. The number of amides is 1. The highest BCUT2D eigenvalue weighted by Crippen LogP contribution is 2.38. The Balaban J connectivity index is 1.81. The molecule has 1 amide bonds. The number of ether oxygens (including phenoxy) is 2. The normalized spacial score (nSPS) is 17.0. The molecular weight excluding hydrogens is 316 g/mol. The van der Waals surface area contributed by atoms with Crippen LogP contribution in [0.1, 0.15) is 30.0 Å². The summed E-state index contributed by atoms with van der Waals surface area (Å²) in [5.41, 5.74) is 1.93. The van der Waals surface area contributed by atoms with E-state index in [1.807, 2.05) is 35.2 Å². The monoisotopic (exact) mass is 338 g/mol. The first kappa shape index (κ1) is 17.0. The van der Waals surface area contributed by atoms with Crippen LogP contribution in [-0.4, -0.2) is 36.6 Å². The molecule has 0 radical (unpaired) electrons. The average molecular weight is 338 g/mol. The van der Waals surface area contributed by atoms with Crippen LogP contribution in [0.15, 0.2) is 48.8 Å². The van der Waals surface area contributed by atoms with Gasteiger partial charge in [0, 0.05) is 36.6 Å². The van der Waals surface area contributed by atoms with Gasteiger partial charge in [-0.25, -0.2) is 0 Å². The number of nitrogens with zero attached hydrogens (tertiary/aromatic N) is 2. The fourth-order valence-electron chi connectivity index (χ4n) is 3.19. The van der Waals surface area contributed by atoms with Crippen molar-refractivity contribution in [2.24, 2.45) is 0 Å². The van der Waals surface area contributed by atoms with Crippen LogP contribution >= 0.6 is 0 Å². The van der Waals surface area contributed by atoms with E-state index in [0.717, 1.165) is 42.0 Å². The lowest BCUT2D eigenvalue weighted by atomic mass is 10.0. The molecule has 3 rings (SSSR count). The van der Waals surface area contributed by atoms with E-state index in [1.165, 1.54) is 0 Å². The van der Waals surface area contributed by atoms with Crippen LogP contribution in [0, 0.1) is 0 Å². The number of methoxy groups -OCH3 is 2. The lowest BCUT2D eigenvalue weighted by Crippen LogP contribution is -2.29. The largest absolute Gasteiger partial charge is 0.497 e. The highest BCUT2D eigenvalue weighted by Gasteiger charge is 2.30. The minimum absolute atomic E-state index is 0.00391. The SMILES string of the molecule is COc1ccc(C2CCCN2C(=O)/C=C/c2cccnc2)c(OC)c1. The Hall–Kier alpha value is -2.82. The summed E-state index contributed by atoms with van der Waals surface area (Å²) in [6, 6.07) is 9.55. The zero-order chi connectivity index (χ0) is 17.6. The number of pyridine rings is 1. The van der Waals surface area contributed by atoms with Crippen molar-refractivity contribution in [2.75, 3.05) is 20.8 Å². The van der Waals surface area contributed by atoms with Gasteiger partial charge in [-0.3, -0.25) is 9.78 Å². The number of likely N-dealkylation sites (tertiary alicyclic amines) is 1. The molecule has 1 aromatic heterocycles. The summed E-state index contributed by atoms with van der Waals surface area (Å²) < 4.78 is 10.8. The third-order valence-electron chi connectivity index (χ3n) is 4.44. The van der Waals surface area contributed by atoms with Crippen LogP contribution in [0.5, 0.6) is 11.5 Å². The van der Waals surface area contributed by atoms with Gasteiger partial charge in [-0.15, -0.1) is 0 Å². The maximum atomic E-state index is 12.7. The number of rotatable bonds is 5. The average Bonchev–Trinajstić information content (AvgIpc) is 3.16. The van der Waals surface area contributed by atoms with Crippen molar-refractivity contribution in [3.8, 4) is 11.5 Å². The van der Waals surface area contributed by atoms with Crippen molar-refractivity contribution in [3.05, 3.63) is 59.9 Å². The van der Waals surface area contributed by atoms with Crippen LogP contribution < -0.4 is 9.47 Å². The van der Waals surface area contributed by atoms with Crippen LogP contribution in [0.3, 0.4) is 0 Å². The van der Waals surface area contributed by atoms with E-state index in [-0.39, 0.29) is 11.9 Å². The molecule has 1 aromatic carbocycles. The molecule has 0 N–H and O–H groups in total. The maximum absolute atomic E-state index is 12.7. The molecule has 1 atom stereocenters. The van der Waals surface area contributed by atoms with Crippen molar-refractivity contribution in [2.45, 2.75) is 18.9 Å². The predicted molar refractivity (Wildman–Crippen MR) is 96.5 cm³/mol. The van der Waals surface area contributed by atoms with E-state index in [0.29, 0.717) is 0 Å². The Morgan fingerprint density at radius 1 is 1.28 bits per heavy atom. The number of benzene rings is 1. The molecule has 2 aromatic rings. The molecule has 1 aliphatic heterocycles. The first-order chi connectivity index (χ1) is 12.2. The lowest BCUT2D eigenvalue weighted by molar-refractivity contribution is -0.126. The maximum Gasteiger partial charge on any atom is 0.247 e. The molecule has 5 heteroatoms. The topological polar surface area (TPSA) is 51.7 Å². The summed E-state index contributed by atoms with van der Waals surface area (Å²) in [6.45, 7) is 0.746. The molecule has 0 aliphatic carbocycles. The molecule has 0 saturated carbocycles. The van der Waals surface area contributed by atoms with Gasteiger partial charge in [0.25, 0.3) is 0 Å². The summed E-state index contributed by atoms with van der Waals surface area (Å²) >= 11 is 0. The Morgan fingerprint density at radius 2 is 2.16 bits per heavy atom. The molecule has 0 bridgehead atoms. The van der Waals surface area contributed by atoms with Gasteiger partial charge in [0.05, 0.1) is 20.3 Å². The van der Waals surface area contributed by atoms with Gasteiger partial charge in [-0.2, -0.15) is 0 Å². The van der Waals surface area contributed by atoms with Gasteiger partial charge in [-0.05, 0) is 42.7 Å². The van der Waals surface area contributed by atoms with Crippen LogP contribution in [0.2, 0.25) is 0 Å². The quantitative estimate of drug-likeness (QED) is 0.783. The minimum atomic E-state index is 0.00391. The second kappa shape index (κ2) is 7.83. The van der Waals surface area contributed by atoms with Gasteiger partial charge in [0.2, 0.25) is 5.91 Å². The standard InChI is InChI=1S/C20H22N2O3/c1-24-16-8-9-17(19(13-16)25-2)18-6-4-12-22(18)20(23)10-7-15-5-3-11-21-14-15/h3,5,7-11,13-14,18H,4,6,12H2,1-2H3/b10-7+. The summed E-state index contributed by atoms with van der Waals surface area (Å²) in [5, 5.41) is 0. The van der Waals surface area contributed by atoms with E-state index < -0.39 is 0 Å². The van der Waals surface area contributed by atoms with Crippen LogP contribution in [0.25, 0.3) is 6.08 Å². The number of carbonyl (C=O) groups excluding carboxylic acids is 1. The highest BCUT2D eigenvalue weighted by atomic mass is 16.5. The van der Waals surface area contributed by atoms with E-state index >= 15 is 0 Å². The number of aromatic nitrogens is 1. The smallest absolute Gasteiger partial charge is 0.247 e. The van der Waals surface area contributed by atoms with E-state index in [2.05, 4.69) is 4.98 Å². The van der Waals surface area contributed by atoms with Gasteiger partial charge in [-0.1, -0.05) is 6.07 Å². The molecule has 5 nitrogen and oxygen atoms in total. The lowest BCUT2D eigenvalue weighted by Gasteiger charge is -2.25. The van der Waals surface area contributed by atoms with Crippen LogP contribution in [0.4, 0.5) is 0 Å². The summed E-state index contributed by atoms with van der Waals surface area (Å²) in [7, 11) is 3.27. The number of hydrogen-bond acceptors (Lipinski definition) is 4. The molecule has 130 valence electrons. The third-order valence-corrected chi connectivity index (χ3v) is 4.44. The van der Waals surface area contributed by atoms with Gasteiger partial charge in [0.1, 0.15) is 11.5 Å². The second-order valence-corrected chi connectivity index (χ2v) is 5.92. The zero-order valence-electron chi connectivity index (χ0n) is 14.5. The summed E-state index contributed by atoms with van der Waals surface area (Å²) in [4.78, 5) is 18.6. The zero-order valence-corrected chi connectivity index (χ0v) is 14.5. The fraction of sp³-hybridized carbons (Fsp3) is 0.300. The van der Waals surface area contributed by atoms with E-state index in [4.69, 9.17) is 9.47 Å². The first-order valence-electron chi connectivity index (χ1n) is 8.33. The molecule has 25 heavy (non-hydrogen) atoms. The van der Waals surface area contributed by atoms with Gasteiger partial charge >= 0.3 is 0 Å². The molecule has 1 fully saturated rings. The van der Waals surface area contributed by atoms with E-state index in [1.54, 1.807) is 38.8 Å². The molecular formula is C20H22N2O3. The van der Waals surface area contributed by atoms with Crippen molar-refractivity contribution in [1.29, 1.82) is 0 Å². The van der Waals surface area contributed by atoms with Gasteiger partial charge < -0.3 is 14.4 Å². The second-order valence-electron chi connectivity index (χ2n) is 5.92. The van der Waals surface area contributed by atoms with Gasteiger partial charge in [0.15, 0.2) is 0 Å². The van der Waals surface area contributed by atoms with Crippen molar-refractivity contribution < 1.29 is 14.3 Å². The molecule has 1 saturated heterocycles. The number of carbonyl (C=O) groups is 1. The highest BCUT2D eigenvalue weighted by molar-refractivity contribution is 5.92. The Labute approximate surface area is 147 Å². The van der Waals surface area contributed by atoms with Crippen LogP contribution in [-0.2, 0) is 4.79 Å². The van der Waals surface area contributed by atoms with Crippen molar-refractivity contribution in [1.82, 2.24) is 9.88 Å². The van der Waals surface area contributed by atoms with E-state index in [9.17, 15) is 4.79 Å². The molecule has 0 spiro atoms. The summed E-state index contributed by atoms with van der Waals surface area (Å²) in [6.07, 6.45) is 8.77. The minimum Gasteiger partial charge on any atom is -0.497 e. The Kier molecular flexibility index (Phi) is 5.33. The van der Waals surface area contributed by atoms with Crippen molar-refractivity contribution in [3.63, 3.8) is 0 Å². The molecule has 2 heterocycles. The van der Waals surface area contributed by atoms with Crippen molar-refractivity contribution >= 4 is 12.0 Å². The molecule has 1 aliphatic rings.